The summed E-state index contributed by atoms with van der Waals surface area (Å²) in [5.74, 6) is 1.36. The molecular weight excluding hydrogens is 292 g/mol. The average molecular weight is 320 g/mol. The first-order valence-corrected chi connectivity index (χ1v) is 8.69. The molecule has 0 radical (unpaired) electrons. The highest BCUT2D eigenvalue weighted by molar-refractivity contribution is 5.77. The van der Waals surface area contributed by atoms with Crippen LogP contribution in [0.4, 0.5) is 0 Å². The lowest BCUT2D eigenvalue weighted by molar-refractivity contribution is -0.139. The SMILES string of the molecule is Cn1ccnc1CN1CCCC2(CCC(=O)N(CCCO)C2)C1. The summed E-state index contributed by atoms with van der Waals surface area (Å²) in [5, 5.41) is 9.04. The number of aliphatic hydroxyl groups excluding tert-OH is 1. The molecule has 0 aromatic carbocycles. The van der Waals surface area contributed by atoms with Gasteiger partial charge in [-0.2, -0.15) is 0 Å². The van der Waals surface area contributed by atoms with Crippen molar-refractivity contribution in [3.63, 3.8) is 0 Å². The molecule has 0 bridgehead atoms. The molecule has 0 aliphatic carbocycles. The zero-order valence-electron chi connectivity index (χ0n) is 14.1. The third-order valence-electron chi connectivity index (χ3n) is 5.36. The number of likely N-dealkylation sites (tertiary alicyclic amines) is 2. The van der Waals surface area contributed by atoms with E-state index in [1.807, 2.05) is 24.3 Å². The fourth-order valence-electron chi connectivity index (χ4n) is 4.09. The molecule has 2 saturated heterocycles. The van der Waals surface area contributed by atoms with Gasteiger partial charge >= 0.3 is 0 Å². The molecule has 23 heavy (non-hydrogen) atoms. The van der Waals surface area contributed by atoms with E-state index in [1.54, 1.807) is 0 Å². The molecule has 6 nitrogen and oxygen atoms in total. The molecule has 1 amide bonds. The molecule has 1 atom stereocenters. The number of hydrogen-bond acceptors (Lipinski definition) is 4. The summed E-state index contributed by atoms with van der Waals surface area (Å²) < 4.78 is 2.08. The Morgan fingerprint density at radius 3 is 2.96 bits per heavy atom. The molecular formula is C17H28N4O2. The standard InChI is InChI=1S/C17H28N4O2/c1-19-10-7-18-15(19)12-20-8-2-5-17(13-20)6-4-16(23)21(14-17)9-3-11-22/h7,10,22H,2-6,8-9,11-14H2,1H3. The van der Waals surface area contributed by atoms with Crippen molar-refractivity contribution in [3.05, 3.63) is 18.2 Å². The lowest BCUT2D eigenvalue weighted by Crippen LogP contribution is -2.54. The summed E-state index contributed by atoms with van der Waals surface area (Å²) in [6.45, 7) is 4.74. The van der Waals surface area contributed by atoms with Gasteiger partial charge in [-0.25, -0.2) is 4.98 Å². The summed E-state index contributed by atoms with van der Waals surface area (Å²) in [6.07, 6.45) is 8.56. The molecule has 1 spiro atoms. The van der Waals surface area contributed by atoms with Gasteiger partial charge in [0.15, 0.2) is 0 Å². The number of piperidine rings is 2. The summed E-state index contributed by atoms with van der Waals surface area (Å²) in [4.78, 5) is 21.0. The maximum Gasteiger partial charge on any atom is 0.222 e. The van der Waals surface area contributed by atoms with Crippen molar-refractivity contribution >= 4 is 5.91 Å². The van der Waals surface area contributed by atoms with Crippen LogP contribution < -0.4 is 0 Å². The number of amides is 1. The maximum atomic E-state index is 12.1. The van der Waals surface area contributed by atoms with Crippen molar-refractivity contribution < 1.29 is 9.90 Å². The maximum absolute atomic E-state index is 12.1. The number of carbonyl (C=O) groups is 1. The van der Waals surface area contributed by atoms with Gasteiger partial charge in [0.1, 0.15) is 5.82 Å². The van der Waals surface area contributed by atoms with Crippen molar-refractivity contribution in [1.29, 1.82) is 0 Å². The molecule has 128 valence electrons. The van der Waals surface area contributed by atoms with Crippen LogP contribution in [0.25, 0.3) is 0 Å². The minimum Gasteiger partial charge on any atom is -0.396 e. The Bertz CT molecular complexity index is 544. The number of carbonyl (C=O) groups excluding carboxylic acids is 1. The van der Waals surface area contributed by atoms with Crippen LogP contribution in [0.15, 0.2) is 12.4 Å². The molecule has 0 saturated carbocycles. The number of aliphatic hydroxyl groups is 1. The molecule has 6 heteroatoms. The molecule has 1 aromatic rings. The number of nitrogens with zero attached hydrogens (tertiary/aromatic N) is 4. The first-order chi connectivity index (χ1) is 11.1. The lowest BCUT2D eigenvalue weighted by atomic mass is 9.73. The van der Waals surface area contributed by atoms with E-state index >= 15 is 0 Å². The van der Waals surface area contributed by atoms with E-state index in [9.17, 15) is 4.79 Å². The van der Waals surface area contributed by atoms with Crippen LogP contribution in [-0.2, 0) is 18.4 Å². The first-order valence-electron chi connectivity index (χ1n) is 8.69. The van der Waals surface area contributed by atoms with Crippen molar-refractivity contribution in [2.24, 2.45) is 12.5 Å². The smallest absolute Gasteiger partial charge is 0.222 e. The van der Waals surface area contributed by atoms with Crippen LogP contribution in [0.3, 0.4) is 0 Å². The highest BCUT2D eigenvalue weighted by Crippen LogP contribution is 2.39. The third kappa shape index (κ3) is 3.75. The number of rotatable bonds is 5. The summed E-state index contributed by atoms with van der Waals surface area (Å²) >= 11 is 0. The molecule has 1 aromatic heterocycles. The highest BCUT2D eigenvalue weighted by Gasteiger charge is 2.41. The average Bonchev–Trinajstić information content (AvgIpc) is 2.94. The monoisotopic (exact) mass is 320 g/mol. The molecule has 2 aliphatic heterocycles. The molecule has 3 heterocycles. The fraction of sp³-hybridized carbons (Fsp3) is 0.765. The molecule has 2 aliphatic rings. The van der Waals surface area contributed by atoms with Gasteiger partial charge in [0.05, 0.1) is 6.54 Å². The second kappa shape index (κ2) is 7.01. The Morgan fingerprint density at radius 1 is 1.35 bits per heavy atom. The number of aromatic nitrogens is 2. The minimum atomic E-state index is 0.155. The van der Waals surface area contributed by atoms with E-state index in [0.717, 1.165) is 38.4 Å². The summed E-state index contributed by atoms with van der Waals surface area (Å²) in [7, 11) is 2.04. The fourth-order valence-corrected chi connectivity index (χ4v) is 4.09. The summed E-state index contributed by atoms with van der Waals surface area (Å²) in [6, 6.07) is 0. The van der Waals surface area contributed by atoms with Crippen molar-refractivity contribution in [1.82, 2.24) is 19.4 Å². The van der Waals surface area contributed by atoms with Gasteiger partial charge in [0.25, 0.3) is 0 Å². The largest absolute Gasteiger partial charge is 0.396 e. The zero-order valence-corrected chi connectivity index (χ0v) is 14.1. The van der Waals surface area contributed by atoms with Gasteiger partial charge < -0.3 is 14.6 Å². The van der Waals surface area contributed by atoms with Gasteiger partial charge in [-0.3, -0.25) is 9.69 Å². The molecule has 3 rings (SSSR count). The second-order valence-electron chi connectivity index (χ2n) is 7.16. The van der Waals surface area contributed by atoms with Crippen LogP contribution in [0.5, 0.6) is 0 Å². The van der Waals surface area contributed by atoms with E-state index in [4.69, 9.17) is 5.11 Å². The van der Waals surface area contributed by atoms with Gasteiger partial charge in [-0.05, 0) is 32.2 Å². The minimum absolute atomic E-state index is 0.155. The van der Waals surface area contributed by atoms with Gasteiger partial charge in [-0.1, -0.05) is 0 Å². The number of hydrogen-bond donors (Lipinski definition) is 1. The Balaban J connectivity index is 1.64. The Kier molecular flexibility index (Phi) is 5.02. The molecule has 1 N–H and O–H groups in total. The van der Waals surface area contributed by atoms with Crippen molar-refractivity contribution in [2.45, 2.75) is 38.6 Å². The normalized spacial score (nSPS) is 26.2. The Labute approximate surface area is 138 Å². The first kappa shape index (κ1) is 16.5. The van der Waals surface area contributed by atoms with Crippen LogP contribution in [0, 0.1) is 5.41 Å². The predicted octanol–water partition coefficient (Wildman–Crippen LogP) is 1.01. The summed E-state index contributed by atoms with van der Waals surface area (Å²) in [5.41, 5.74) is 0.229. The highest BCUT2D eigenvalue weighted by atomic mass is 16.3. The Morgan fingerprint density at radius 2 is 2.22 bits per heavy atom. The number of imidazole rings is 1. The number of aryl methyl sites for hydroxylation is 1. The van der Waals surface area contributed by atoms with Crippen LogP contribution in [-0.4, -0.2) is 63.2 Å². The molecule has 2 fully saturated rings. The Hall–Kier alpha value is -1.40. The van der Waals surface area contributed by atoms with Gasteiger partial charge in [0.2, 0.25) is 5.91 Å². The van der Waals surface area contributed by atoms with Crippen molar-refractivity contribution in [3.8, 4) is 0 Å². The van der Waals surface area contributed by atoms with E-state index in [0.29, 0.717) is 19.4 Å². The van der Waals surface area contributed by atoms with Crippen LogP contribution >= 0.6 is 0 Å². The third-order valence-corrected chi connectivity index (χ3v) is 5.36. The quantitative estimate of drug-likeness (QED) is 0.879. The van der Waals surface area contributed by atoms with Crippen LogP contribution in [0.2, 0.25) is 0 Å². The van der Waals surface area contributed by atoms with E-state index in [1.165, 1.54) is 12.8 Å². The van der Waals surface area contributed by atoms with Gasteiger partial charge in [-0.15, -0.1) is 0 Å². The predicted molar refractivity (Wildman–Crippen MR) is 87.7 cm³/mol. The van der Waals surface area contributed by atoms with Gasteiger partial charge in [0, 0.05) is 57.5 Å². The van der Waals surface area contributed by atoms with E-state index in [2.05, 4.69) is 14.5 Å². The van der Waals surface area contributed by atoms with Crippen LogP contribution in [0.1, 0.15) is 37.9 Å². The molecule has 1 unspecified atom stereocenters. The van der Waals surface area contributed by atoms with Crippen molar-refractivity contribution in [2.75, 3.05) is 32.8 Å². The van der Waals surface area contributed by atoms with E-state index in [-0.39, 0.29) is 17.9 Å². The van der Waals surface area contributed by atoms with E-state index < -0.39 is 0 Å². The topological polar surface area (TPSA) is 61.6 Å². The zero-order chi connectivity index (χ0) is 16.3. The lowest BCUT2D eigenvalue weighted by Gasteiger charge is -2.48. The second-order valence-corrected chi connectivity index (χ2v) is 7.16.